The highest BCUT2D eigenvalue weighted by molar-refractivity contribution is 9.10. The Labute approximate surface area is 93.7 Å². The molecule has 0 aliphatic carbocycles. The lowest BCUT2D eigenvalue weighted by atomic mass is 9.87. The number of benzene rings is 1. The van der Waals surface area contributed by atoms with Gasteiger partial charge < -0.3 is 9.68 Å². The van der Waals surface area contributed by atoms with E-state index in [-0.39, 0.29) is 5.41 Å². The minimum atomic E-state index is 0.0668. The Bertz CT molecular complexity index is 320. The van der Waals surface area contributed by atoms with E-state index >= 15 is 0 Å². The average molecular weight is 256 g/mol. The summed E-state index contributed by atoms with van der Waals surface area (Å²) >= 11 is 3.40. The van der Waals surface area contributed by atoms with Crippen LogP contribution in [0, 0.1) is 0 Å². The first kappa shape index (κ1) is 11.6. The third-order valence-corrected chi connectivity index (χ3v) is 2.38. The van der Waals surface area contributed by atoms with Crippen LogP contribution in [0.15, 0.2) is 22.7 Å². The first-order valence-electron chi connectivity index (χ1n) is 4.37. The SMILES string of the molecule is CC(C)(C)c1cc(Br)cc(O[B]O)c1. The van der Waals surface area contributed by atoms with E-state index in [1.807, 2.05) is 18.2 Å². The van der Waals surface area contributed by atoms with E-state index < -0.39 is 0 Å². The molecule has 0 saturated carbocycles. The van der Waals surface area contributed by atoms with Crippen molar-refractivity contribution in [1.82, 2.24) is 0 Å². The molecule has 4 heteroatoms. The van der Waals surface area contributed by atoms with Crippen LogP contribution in [0.25, 0.3) is 0 Å². The first-order chi connectivity index (χ1) is 6.43. The second-order valence-electron chi connectivity index (χ2n) is 4.15. The maximum absolute atomic E-state index is 8.54. The molecule has 0 bridgehead atoms. The average Bonchev–Trinajstić information content (AvgIpc) is 2.02. The van der Waals surface area contributed by atoms with Crippen LogP contribution in [0.3, 0.4) is 0 Å². The lowest BCUT2D eigenvalue weighted by Gasteiger charge is -2.20. The van der Waals surface area contributed by atoms with Crippen molar-refractivity contribution in [3.8, 4) is 5.75 Å². The molecule has 0 spiro atoms. The summed E-state index contributed by atoms with van der Waals surface area (Å²) in [5.41, 5.74) is 1.22. The normalized spacial score (nSPS) is 11.2. The number of halogens is 1. The van der Waals surface area contributed by atoms with Gasteiger partial charge in [-0.1, -0.05) is 36.7 Å². The van der Waals surface area contributed by atoms with E-state index in [0.717, 1.165) is 10.0 Å². The van der Waals surface area contributed by atoms with Crippen molar-refractivity contribution in [1.29, 1.82) is 0 Å². The zero-order chi connectivity index (χ0) is 10.8. The summed E-state index contributed by atoms with van der Waals surface area (Å²) in [6.45, 7) is 6.38. The van der Waals surface area contributed by atoms with Crippen molar-refractivity contribution in [3.05, 3.63) is 28.2 Å². The molecule has 0 aliphatic rings. The number of hydrogen-bond acceptors (Lipinski definition) is 2. The molecule has 0 aliphatic heterocycles. The van der Waals surface area contributed by atoms with Crippen LogP contribution in [0.2, 0.25) is 0 Å². The quantitative estimate of drug-likeness (QED) is 0.824. The van der Waals surface area contributed by atoms with Gasteiger partial charge in [0.25, 0.3) is 0 Å². The molecule has 75 valence electrons. The summed E-state index contributed by atoms with van der Waals surface area (Å²) in [5.74, 6) is 0.631. The fourth-order valence-electron chi connectivity index (χ4n) is 1.12. The van der Waals surface area contributed by atoms with E-state index in [0.29, 0.717) is 13.4 Å². The van der Waals surface area contributed by atoms with Gasteiger partial charge >= 0.3 is 7.69 Å². The van der Waals surface area contributed by atoms with Crippen molar-refractivity contribution in [2.24, 2.45) is 0 Å². The second kappa shape index (κ2) is 4.36. The van der Waals surface area contributed by atoms with Gasteiger partial charge in [-0.2, -0.15) is 0 Å². The first-order valence-corrected chi connectivity index (χ1v) is 5.16. The topological polar surface area (TPSA) is 29.5 Å². The third kappa shape index (κ3) is 3.03. The Hall–Kier alpha value is -0.475. The van der Waals surface area contributed by atoms with Crippen molar-refractivity contribution in [3.63, 3.8) is 0 Å². The molecule has 1 N–H and O–H groups in total. The van der Waals surface area contributed by atoms with E-state index in [4.69, 9.17) is 9.68 Å². The zero-order valence-corrected chi connectivity index (χ0v) is 10.1. The largest absolute Gasteiger partial charge is 0.569 e. The predicted molar refractivity (Wildman–Crippen MR) is 61.4 cm³/mol. The van der Waals surface area contributed by atoms with E-state index in [2.05, 4.69) is 36.7 Å². The molecule has 0 amide bonds. The highest BCUT2D eigenvalue weighted by atomic mass is 79.9. The molecule has 1 aromatic carbocycles. The Morgan fingerprint density at radius 1 is 1.29 bits per heavy atom. The molecule has 1 radical (unpaired) electrons. The van der Waals surface area contributed by atoms with Crippen LogP contribution >= 0.6 is 15.9 Å². The van der Waals surface area contributed by atoms with Crippen LogP contribution in [0.5, 0.6) is 5.75 Å². The van der Waals surface area contributed by atoms with Gasteiger partial charge in [-0.15, -0.1) is 0 Å². The molecule has 0 fully saturated rings. The Morgan fingerprint density at radius 2 is 1.93 bits per heavy atom. The highest BCUT2D eigenvalue weighted by Crippen LogP contribution is 2.29. The second-order valence-corrected chi connectivity index (χ2v) is 5.06. The zero-order valence-electron chi connectivity index (χ0n) is 8.54. The van der Waals surface area contributed by atoms with Gasteiger partial charge in [0.1, 0.15) is 5.75 Å². The summed E-state index contributed by atoms with van der Waals surface area (Å²) in [5, 5.41) is 8.54. The molecular formula is C10H13BBrO2. The Morgan fingerprint density at radius 3 is 2.43 bits per heavy atom. The van der Waals surface area contributed by atoms with Crippen LogP contribution in [-0.4, -0.2) is 12.7 Å². The molecule has 0 aromatic heterocycles. The van der Waals surface area contributed by atoms with Crippen LogP contribution in [-0.2, 0) is 5.41 Å². The predicted octanol–water partition coefficient (Wildman–Crippen LogP) is 2.65. The van der Waals surface area contributed by atoms with Gasteiger partial charge in [0, 0.05) is 4.47 Å². The van der Waals surface area contributed by atoms with E-state index in [1.165, 1.54) is 0 Å². The molecule has 0 unspecified atom stereocenters. The fraction of sp³-hybridized carbons (Fsp3) is 0.400. The lowest BCUT2D eigenvalue weighted by Crippen LogP contribution is -2.11. The monoisotopic (exact) mass is 255 g/mol. The summed E-state index contributed by atoms with van der Waals surface area (Å²) < 4.78 is 5.87. The van der Waals surface area contributed by atoms with Crippen molar-refractivity contribution >= 4 is 23.6 Å². The molecule has 1 aromatic rings. The summed E-state index contributed by atoms with van der Waals surface area (Å²) in [6.07, 6.45) is 0. The Balaban J connectivity index is 3.07. The van der Waals surface area contributed by atoms with E-state index in [9.17, 15) is 0 Å². The minimum absolute atomic E-state index is 0.0668. The van der Waals surface area contributed by atoms with Crippen molar-refractivity contribution in [2.45, 2.75) is 26.2 Å². The maximum Gasteiger partial charge on any atom is 0.569 e. The van der Waals surface area contributed by atoms with Gasteiger partial charge in [-0.3, -0.25) is 0 Å². The fourth-order valence-corrected chi connectivity index (χ4v) is 1.60. The van der Waals surface area contributed by atoms with Gasteiger partial charge in [0.05, 0.1) is 0 Å². The maximum atomic E-state index is 8.54. The lowest BCUT2D eigenvalue weighted by molar-refractivity contribution is 0.452. The van der Waals surface area contributed by atoms with Gasteiger partial charge in [-0.25, -0.2) is 0 Å². The molecule has 0 heterocycles. The van der Waals surface area contributed by atoms with Gasteiger partial charge in [-0.05, 0) is 29.2 Å². The highest BCUT2D eigenvalue weighted by Gasteiger charge is 2.15. The summed E-state index contributed by atoms with van der Waals surface area (Å²) in [7, 11) is 0.689. The smallest absolute Gasteiger partial charge is 0.537 e. The summed E-state index contributed by atoms with van der Waals surface area (Å²) in [4.78, 5) is 0. The summed E-state index contributed by atoms with van der Waals surface area (Å²) in [6, 6.07) is 5.77. The molecule has 1 rings (SSSR count). The third-order valence-electron chi connectivity index (χ3n) is 1.93. The molecular weight excluding hydrogens is 243 g/mol. The molecule has 0 saturated heterocycles. The number of rotatable bonds is 2. The van der Waals surface area contributed by atoms with Crippen LogP contribution in [0.1, 0.15) is 26.3 Å². The van der Waals surface area contributed by atoms with Crippen LogP contribution in [0.4, 0.5) is 0 Å². The molecule has 0 atom stereocenters. The van der Waals surface area contributed by atoms with Crippen molar-refractivity contribution in [2.75, 3.05) is 0 Å². The molecule has 2 nitrogen and oxygen atoms in total. The standard InChI is InChI=1S/C10H13BBrO2/c1-10(2,3)7-4-8(12)6-9(5-7)14-11-13/h4-6,13H,1-3H3. The minimum Gasteiger partial charge on any atom is -0.537 e. The van der Waals surface area contributed by atoms with E-state index in [1.54, 1.807) is 0 Å². The van der Waals surface area contributed by atoms with Gasteiger partial charge in [0.2, 0.25) is 0 Å². The van der Waals surface area contributed by atoms with Crippen molar-refractivity contribution < 1.29 is 9.68 Å². The van der Waals surface area contributed by atoms with Gasteiger partial charge in [0.15, 0.2) is 0 Å². The van der Waals surface area contributed by atoms with Crippen LogP contribution < -0.4 is 4.65 Å². The number of hydrogen-bond donors (Lipinski definition) is 1. The molecule has 14 heavy (non-hydrogen) atoms. The Kier molecular flexibility index (Phi) is 3.62.